The molecule has 0 unspecified atom stereocenters. The van der Waals surface area contributed by atoms with Crippen molar-refractivity contribution in [1.29, 1.82) is 0 Å². The predicted octanol–water partition coefficient (Wildman–Crippen LogP) is 5.51. The van der Waals surface area contributed by atoms with Crippen LogP contribution in [-0.4, -0.2) is 42.9 Å². The van der Waals surface area contributed by atoms with Gasteiger partial charge in [-0.25, -0.2) is 4.79 Å². The molecule has 0 bridgehead atoms. The SMILES string of the molecule is Cc1ccc(NC(=O)Nc2nnc(CCSCCc3nnc(Nc4ccc([N+](=O)[O-])cc4)s3)s2)cc1. The number of nitro groups is 1. The molecule has 0 saturated carbocycles. The highest BCUT2D eigenvalue weighted by molar-refractivity contribution is 7.99. The Kier molecular flexibility index (Phi) is 8.76. The maximum Gasteiger partial charge on any atom is 0.325 e. The molecule has 36 heavy (non-hydrogen) atoms. The third kappa shape index (κ3) is 7.69. The molecule has 3 N–H and O–H groups in total. The number of anilines is 4. The topological polar surface area (TPSA) is 148 Å². The van der Waals surface area contributed by atoms with Crippen LogP contribution in [0.2, 0.25) is 0 Å². The van der Waals surface area contributed by atoms with Gasteiger partial charge in [0.15, 0.2) is 0 Å². The second kappa shape index (κ2) is 12.4. The minimum Gasteiger partial charge on any atom is -0.330 e. The van der Waals surface area contributed by atoms with E-state index in [1.807, 2.05) is 31.2 Å². The van der Waals surface area contributed by atoms with Gasteiger partial charge in [-0.15, -0.1) is 20.4 Å². The normalized spacial score (nSPS) is 10.7. The average Bonchev–Trinajstić information content (AvgIpc) is 3.50. The molecule has 0 aliphatic rings. The molecule has 14 heteroatoms. The number of amides is 2. The molecule has 11 nitrogen and oxygen atoms in total. The molecule has 0 saturated heterocycles. The fourth-order valence-electron chi connectivity index (χ4n) is 2.92. The number of urea groups is 1. The van der Waals surface area contributed by atoms with Crippen molar-refractivity contribution in [2.75, 3.05) is 27.5 Å². The number of nitrogens with one attached hydrogen (secondary N) is 3. The largest absolute Gasteiger partial charge is 0.330 e. The zero-order valence-electron chi connectivity index (χ0n) is 19.1. The van der Waals surface area contributed by atoms with Crippen LogP contribution < -0.4 is 16.0 Å². The Morgan fingerprint density at radius 2 is 1.44 bits per heavy atom. The van der Waals surface area contributed by atoms with Crippen LogP contribution in [-0.2, 0) is 12.8 Å². The van der Waals surface area contributed by atoms with Crippen LogP contribution in [0.15, 0.2) is 48.5 Å². The molecule has 0 atom stereocenters. The molecule has 4 aromatic rings. The highest BCUT2D eigenvalue weighted by atomic mass is 32.2. The molecule has 2 aromatic heterocycles. The first-order valence-electron chi connectivity index (χ1n) is 10.8. The van der Waals surface area contributed by atoms with E-state index in [1.165, 1.54) is 34.8 Å². The third-order valence-corrected chi connectivity index (χ3v) is 7.50. The first-order valence-corrected chi connectivity index (χ1v) is 13.6. The van der Waals surface area contributed by atoms with Crippen molar-refractivity contribution in [3.8, 4) is 0 Å². The standard InChI is InChI=1S/C22H22N8O3S3/c1-14-2-4-15(5-3-14)23-20(31)25-22-29-27-19(36-22)11-13-34-12-10-18-26-28-21(35-18)24-16-6-8-17(9-7-16)30(32)33/h2-9H,10-13H2,1H3,(H,24,28)(H2,23,25,29,31). The van der Waals surface area contributed by atoms with Crippen molar-refractivity contribution in [3.05, 3.63) is 74.2 Å². The highest BCUT2D eigenvalue weighted by Gasteiger charge is 2.10. The number of benzene rings is 2. The Hall–Kier alpha value is -3.62. The van der Waals surface area contributed by atoms with E-state index in [4.69, 9.17) is 0 Å². The van der Waals surface area contributed by atoms with Crippen LogP contribution in [0, 0.1) is 17.0 Å². The number of carbonyl (C=O) groups excluding carboxylic acids is 1. The van der Waals surface area contributed by atoms with Crippen molar-refractivity contribution in [2.24, 2.45) is 0 Å². The van der Waals surface area contributed by atoms with Crippen molar-refractivity contribution in [1.82, 2.24) is 20.4 Å². The Labute approximate surface area is 218 Å². The number of carbonyl (C=O) groups is 1. The summed E-state index contributed by atoms with van der Waals surface area (Å²) in [6.45, 7) is 1.99. The van der Waals surface area contributed by atoms with Gasteiger partial charge in [-0.2, -0.15) is 11.8 Å². The van der Waals surface area contributed by atoms with E-state index in [2.05, 4.69) is 36.3 Å². The summed E-state index contributed by atoms with van der Waals surface area (Å²) in [6.07, 6.45) is 1.54. The highest BCUT2D eigenvalue weighted by Crippen LogP contribution is 2.24. The lowest BCUT2D eigenvalue weighted by Gasteiger charge is -2.05. The summed E-state index contributed by atoms with van der Waals surface area (Å²) in [5, 5.41) is 38.7. The lowest BCUT2D eigenvalue weighted by atomic mass is 10.2. The summed E-state index contributed by atoms with van der Waals surface area (Å²) in [5.41, 5.74) is 2.60. The van der Waals surface area contributed by atoms with Gasteiger partial charge in [0.05, 0.1) is 4.92 Å². The summed E-state index contributed by atoms with van der Waals surface area (Å²) in [4.78, 5) is 22.4. The predicted molar refractivity (Wildman–Crippen MR) is 145 cm³/mol. The van der Waals surface area contributed by atoms with Gasteiger partial charge in [0.25, 0.3) is 5.69 Å². The molecular formula is C22H22N8O3S3. The van der Waals surface area contributed by atoms with Crippen molar-refractivity contribution < 1.29 is 9.72 Å². The van der Waals surface area contributed by atoms with Crippen LogP contribution in [0.4, 0.5) is 32.1 Å². The summed E-state index contributed by atoms with van der Waals surface area (Å²) in [5.74, 6) is 1.76. The number of aryl methyl sites for hydroxylation is 3. The quantitative estimate of drug-likeness (QED) is 0.127. The molecular weight excluding hydrogens is 520 g/mol. The molecule has 0 fully saturated rings. The number of rotatable bonds is 11. The molecule has 0 aliphatic heterocycles. The van der Waals surface area contributed by atoms with E-state index < -0.39 is 4.92 Å². The molecule has 0 spiro atoms. The maximum atomic E-state index is 12.1. The van der Waals surface area contributed by atoms with Gasteiger partial charge in [-0.3, -0.25) is 15.4 Å². The molecule has 186 valence electrons. The molecule has 2 amide bonds. The average molecular weight is 543 g/mol. The number of non-ortho nitro benzene ring substituents is 1. The van der Waals surface area contributed by atoms with Gasteiger partial charge in [0.1, 0.15) is 10.0 Å². The Morgan fingerprint density at radius 3 is 2.08 bits per heavy atom. The number of hydrogen-bond acceptors (Lipinski definition) is 11. The molecule has 0 radical (unpaired) electrons. The maximum absolute atomic E-state index is 12.1. The molecule has 2 heterocycles. The number of nitro benzene ring substituents is 1. The lowest BCUT2D eigenvalue weighted by molar-refractivity contribution is -0.384. The molecule has 4 rings (SSSR count). The van der Waals surface area contributed by atoms with E-state index in [-0.39, 0.29) is 11.7 Å². The van der Waals surface area contributed by atoms with Crippen LogP contribution in [0.3, 0.4) is 0 Å². The van der Waals surface area contributed by atoms with E-state index in [0.717, 1.165) is 45.6 Å². The van der Waals surface area contributed by atoms with Gasteiger partial charge >= 0.3 is 6.03 Å². The summed E-state index contributed by atoms with van der Waals surface area (Å²) in [6, 6.07) is 13.4. The van der Waals surface area contributed by atoms with Gasteiger partial charge in [-0.1, -0.05) is 40.4 Å². The van der Waals surface area contributed by atoms with Gasteiger partial charge in [0.2, 0.25) is 10.3 Å². The van der Waals surface area contributed by atoms with Crippen LogP contribution in [0.1, 0.15) is 15.6 Å². The Bertz CT molecular complexity index is 1310. The zero-order valence-corrected chi connectivity index (χ0v) is 21.6. The Balaban J connectivity index is 1.13. The first-order chi connectivity index (χ1) is 17.4. The van der Waals surface area contributed by atoms with Gasteiger partial charge in [-0.05, 0) is 42.7 Å². The minimum atomic E-state index is -0.433. The van der Waals surface area contributed by atoms with Gasteiger partial charge < -0.3 is 10.6 Å². The lowest BCUT2D eigenvalue weighted by Crippen LogP contribution is -2.19. The number of thioether (sulfide) groups is 1. The van der Waals surface area contributed by atoms with Crippen molar-refractivity contribution in [2.45, 2.75) is 19.8 Å². The number of nitrogens with zero attached hydrogens (tertiary/aromatic N) is 5. The monoisotopic (exact) mass is 542 g/mol. The van der Waals surface area contributed by atoms with Crippen LogP contribution in [0.25, 0.3) is 0 Å². The fraction of sp³-hybridized carbons (Fsp3) is 0.227. The summed E-state index contributed by atoms with van der Waals surface area (Å²) in [7, 11) is 0. The van der Waals surface area contributed by atoms with E-state index in [1.54, 1.807) is 23.9 Å². The van der Waals surface area contributed by atoms with Crippen LogP contribution in [0.5, 0.6) is 0 Å². The molecule has 0 aliphatic carbocycles. The second-order valence-electron chi connectivity index (χ2n) is 7.49. The van der Waals surface area contributed by atoms with E-state index in [0.29, 0.717) is 16.0 Å². The van der Waals surface area contributed by atoms with Crippen LogP contribution >= 0.6 is 34.4 Å². The minimum absolute atomic E-state index is 0.0418. The van der Waals surface area contributed by atoms with E-state index in [9.17, 15) is 14.9 Å². The first kappa shape index (κ1) is 25.5. The Morgan fingerprint density at radius 1 is 0.861 bits per heavy atom. The summed E-state index contributed by atoms with van der Waals surface area (Å²) >= 11 is 4.60. The number of hydrogen-bond donors (Lipinski definition) is 3. The summed E-state index contributed by atoms with van der Waals surface area (Å²) < 4.78 is 0. The fourth-order valence-corrected chi connectivity index (χ4v) is 5.55. The van der Waals surface area contributed by atoms with Crippen molar-refractivity contribution >= 4 is 67.8 Å². The number of aromatic nitrogens is 4. The smallest absolute Gasteiger partial charge is 0.325 e. The molecule has 2 aromatic carbocycles. The second-order valence-corrected chi connectivity index (χ2v) is 10.8. The van der Waals surface area contributed by atoms with E-state index >= 15 is 0 Å². The van der Waals surface area contributed by atoms with Gasteiger partial charge in [0, 0.05) is 36.3 Å². The third-order valence-electron chi connectivity index (χ3n) is 4.71. The zero-order chi connectivity index (χ0) is 25.3. The van der Waals surface area contributed by atoms with Crippen molar-refractivity contribution in [3.63, 3.8) is 0 Å².